The van der Waals surface area contributed by atoms with Crippen molar-refractivity contribution < 1.29 is 24.2 Å². The molecule has 1 aromatic rings. The second-order valence-electron chi connectivity index (χ2n) is 8.52. The summed E-state index contributed by atoms with van der Waals surface area (Å²) in [6.07, 6.45) is 5.94. The summed E-state index contributed by atoms with van der Waals surface area (Å²) in [5.74, 6) is -1.79. The van der Waals surface area contributed by atoms with E-state index in [-0.39, 0.29) is 36.2 Å². The van der Waals surface area contributed by atoms with Gasteiger partial charge in [-0.05, 0) is 50.5 Å². The average Bonchev–Trinajstić information content (AvgIpc) is 3.14. The number of rotatable bonds is 9. The molecule has 6 heteroatoms. The lowest BCUT2D eigenvalue weighted by atomic mass is 9.80. The Labute approximate surface area is 178 Å². The van der Waals surface area contributed by atoms with Gasteiger partial charge >= 0.3 is 11.9 Å². The lowest BCUT2D eigenvalue weighted by Gasteiger charge is -2.32. The number of hydrogen-bond acceptors (Lipinski definition) is 4. The van der Waals surface area contributed by atoms with Gasteiger partial charge in [-0.3, -0.25) is 14.4 Å². The Morgan fingerprint density at radius 1 is 1.13 bits per heavy atom. The van der Waals surface area contributed by atoms with Gasteiger partial charge in [-0.1, -0.05) is 43.2 Å². The number of ether oxygens (including phenoxy) is 1. The van der Waals surface area contributed by atoms with E-state index in [1.807, 2.05) is 30.3 Å². The lowest BCUT2D eigenvalue weighted by Crippen LogP contribution is -2.39. The zero-order valence-electron chi connectivity index (χ0n) is 17.8. The van der Waals surface area contributed by atoms with Crippen molar-refractivity contribution in [2.24, 2.45) is 17.8 Å². The number of nitrogens with zero attached hydrogens (tertiary/aromatic N) is 1. The highest BCUT2D eigenvalue weighted by atomic mass is 16.5. The molecule has 30 heavy (non-hydrogen) atoms. The van der Waals surface area contributed by atoms with Crippen LogP contribution in [0.5, 0.6) is 0 Å². The molecule has 3 rings (SSSR count). The first-order valence-electron chi connectivity index (χ1n) is 11.2. The van der Waals surface area contributed by atoms with Gasteiger partial charge in [0.15, 0.2) is 0 Å². The van der Waals surface area contributed by atoms with Crippen LogP contribution in [0, 0.1) is 17.8 Å². The number of aryl methyl sites for hydroxylation is 1. The average molecular weight is 416 g/mol. The Balaban J connectivity index is 1.60. The number of amides is 1. The minimum absolute atomic E-state index is 0.0235. The molecule has 1 aromatic carbocycles. The van der Waals surface area contributed by atoms with Crippen molar-refractivity contribution in [1.29, 1.82) is 0 Å². The zero-order valence-corrected chi connectivity index (χ0v) is 17.8. The first-order chi connectivity index (χ1) is 14.5. The maximum Gasteiger partial charge on any atom is 0.308 e. The molecule has 0 radical (unpaired) electrons. The smallest absolute Gasteiger partial charge is 0.308 e. The van der Waals surface area contributed by atoms with Crippen molar-refractivity contribution >= 4 is 17.8 Å². The van der Waals surface area contributed by atoms with Crippen LogP contribution in [0.25, 0.3) is 0 Å². The summed E-state index contributed by atoms with van der Waals surface area (Å²) in [4.78, 5) is 38.9. The number of carboxylic acid groups (broad SMARTS) is 1. The fourth-order valence-corrected chi connectivity index (χ4v) is 5.09. The highest BCUT2D eigenvalue weighted by molar-refractivity contribution is 5.80. The number of esters is 1. The Kier molecular flexibility index (Phi) is 7.88. The van der Waals surface area contributed by atoms with E-state index in [4.69, 9.17) is 4.74 Å². The number of carbonyl (C=O) groups excluding carboxylic acids is 2. The molecule has 0 spiro atoms. The van der Waals surface area contributed by atoms with Crippen LogP contribution < -0.4 is 0 Å². The van der Waals surface area contributed by atoms with Crippen LogP contribution >= 0.6 is 0 Å². The molecular formula is C24H33NO5. The Morgan fingerprint density at radius 3 is 2.57 bits per heavy atom. The standard InChI is InChI=1S/C24H33NO5/c1-2-30-24(29)18(13-12-17-8-4-3-5-9-17)14-15-22(26)25-16-20(23(27)28)19-10-6-7-11-21(19)25/h3-5,8-9,18-21H,2,6-7,10-16H2,1H3,(H,27,28)/t18-,19?,20?,21?/m1/s1. The molecular weight excluding hydrogens is 382 g/mol. The van der Waals surface area contributed by atoms with Crippen LogP contribution in [-0.4, -0.2) is 47.0 Å². The van der Waals surface area contributed by atoms with Gasteiger partial charge in [-0.15, -0.1) is 0 Å². The number of fused-ring (bicyclic) bond motifs is 1. The Hall–Kier alpha value is -2.37. The summed E-state index contributed by atoms with van der Waals surface area (Å²) in [5, 5.41) is 9.58. The largest absolute Gasteiger partial charge is 0.481 e. The van der Waals surface area contributed by atoms with Gasteiger partial charge < -0.3 is 14.7 Å². The second-order valence-corrected chi connectivity index (χ2v) is 8.52. The van der Waals surface area contributed by atoms with E-state index >= 15 is 0 Å². The highest BCUT2D eigenvalue weighted by Crippen LogP contribution is 2.40. The molecule has 1 amide bonds. The van der Waals surface area contributed by atoms with Crippen molar-refractivity contribution in [3.8, 4) is 0 Å². The number of benzene rings is 1. The third kappa shape index (κ3) is 5.41. The molecule has 3 unspecified atom stereocenters. The summed E-state index contributed by atoms with van der Waals surface area (Å²) < 4.78 is 5.24. The molecule has 6 nitrogen and oxygen atoms in total. The molecule has 4 atom stereocenters. The van der Waals surface area contributed by atoms with Crippen LogP contribution in [0.15, 0.2) is 30.3 Å². The third-order valence-corrected chi connectivity index (χ3v) is 6.68. The summed E-state index contributed by atoms with van der Waals surface area (Å²) in [6.45, 7) is 2.42. The Bertz CT molecular complexity index is 734. The fraction of sp³-hybridized carbons (Fsp3) is 0.625. The monoisotopic (exact) mass is 415 g/mol. The highest BCUT2D eigenvalue weighted by Gasteiger charge is 2.47. The maximum atomic E-state index is 13.0. The van der Waals surface area contributed by atoms with Gasteiger partial charge in [0, 0.05) is 19.0 Å². The van der Waals surface area contributed by atoms with Gasteiger partial charge in [0.1, 0.15) is 0 Å². The minimum Gasteiger partial charge on any atom is -0.481 e. The van der Waals surface area contributed by atoms with Gasteiger partial charge in [0.05, 0.1) is 18.4 Å². The molecule has 1 N–H and O–H groups in total. The van der Waals surface area contributed by atoms with Gasteiger partial charge in [-0.2, -0.15) is 0 Å². The normalized spacial score (nSPS) is 24.2. The predicted molar refractivity (Wildman–Crippen MR) is 113 cm³/mol. The summed E-state index contributed by atoms with van der Waals surface area (Å²) in [7, 11) is 0. The SMILES string of the molecule is CCOC(=O)[C@@H](CCC(=O)N1CC(C(=O)O)C2CCCCC21)CCc1ccccc1. The third-order valence-electron chi connectivity index (χ3n) is 6.68. The molecule has 1 aliphatic carbocycles. The number of likely N-dealkylation sites (tertiary alicyclic amines) is 1. The summed E-state index contributed by atoms with van der Waals surface area (Å²) in [6, 6.07) is 10.0. The predicted octanol–water partition coefficient (Wildman–Crippen LogP) is 3.68. The minimum atomic E-state index is -0.797. The molecule has 0 bridgehead atoms. The maximum absolute atomic E-state index is 13.0. The van der Waals surface area contributed by atoms with Crippen LogP contribution in [0.3, 0.4) is 0 Å². The van der Waals surface area contributed by atoms with Crippen LogP contribution in [0.4, 0.5) is 0 Å². The molecule has 1 aliphatic heterocycles. The molecule has 0 aromatic heterocycles. The first kappa shape index (κ1) is 22.3. The molecule has 1 saturated carbocycles. The van der Waals surface area contributed by atoms with E-state index in [9.17, 15) is 19.5 Å². The fourth-order valence-electron chi connectivity index (χ4n) is 5.09. The van der Waals surface area contributed by atoms with Crippen molar-refractivity contribution in [2.75, 3.05) is 13.2 Å². The van der Waals surface area contributed by atoms with Crippen LogP contribution in [0.1, 0.15) is 57.4 Å². The number of aliphatic carboxylic acids is 1. The number of hydrogen-bond donors (Lipinski definition) is 1. The first-order valence-corrected chi connectivity index (χ1v) is 11.2. The molecule has 2 fully saturated rings. The van der Waals surface area contributed by atoms with Crippen LogP contribution in [0.2, 0.25) is 0 Å². The van der Waals surface area contributed by atoms with E-state index in [2.05, 4.69) is 0 Å². The van der Waals surface area contributed by atoms with Crippen molar-refractivity contribution in [3.63, 3.8) is 0 Å². The molecule has 1 saturated heterocycles. The van der Waals surface area contributed by atoms with Crippen molar-refractivity contribution in [1.82, 2.24) is 4.90 Å². The van der Waals surface area contributed by atoms with Gasteiger partial charge in [0.2, 0.25) is 5.91 Å². The number of carboxylic acids is 1. The lowest BCUT2D eigenvalue weighted by molar-refractivity contribution is -0.148. The quantitative estimate of drug-likeness (QED) is 0.622. The van der Waals surface area contributed by atoms with Crippen molar-refractivity contribution in [2.45, 2.75) is 64.3 Å². The van der Waals surface area contributed by atoms with E-state index in [0.29, 0.717) is 26.0 Å². The summed E-state index contributed by atoms with van der Waals surface area (Å²) >= 11 is 0. The van der Waals surface area contributed by atoms with Gasteiger partial charge in [-0.25, -0.2) is 0 Å². The zero-order chi connectivity index (χ0) is 21.5. The van der Waals surface area contributed by atoms with E-state index in [0.717, 1.165) is 37.7 Å². The van der Waals surface area contributed by atoms with Crippen molar-refractivity contribution in [3.05, 3.63) is 35.9 Å². The van der Waals surface area contributed by atoms with E-state index < -0.39 is 11.9 Å². The molecule has 164 valence electrons. The van der Waals surface area contributed by atoms with Crippen LogP contribution in [-0.2, 0) is 25.5 Å². The topological polar surface area (TPSA) is 83.9 Å². The second kappa shape index (κ2) is 10.6. The summed E-state index contributed by atoms with van der Waals surface area (Å²) in [5.41, 5.74) is 1.16. The van der Waals surface area contributed by atoms with Gasteiger partial charge in [0.25, 0.3) is 0 Å². The number of carbonyl (C=O) groups is 3. The molecule has 2 aliphatic rings. The molecule has 1 heterocycles. The van der Waals surface area contributed by atoms with E-state index in [1.165, 1.54) is 0 Å². The van der Waals surface area contributed by atoms with E-state index in [1.54, 1.807) is 11.8 Å². The Morgan fingerprint density at radius 2 is 1.87 bits per heavy atom.